The van der Waals surface area contributed by atoms with Gasteiger partial charge >= 0.3 is 6.61 Å². The van der Waals surface area contributed by atoms with E-state index in [4.69, 9.17) is 15.7 Å². The van der Waals surface area contributed by atoms with Gasteiger partial charge in [0.2, 0.25) is 11.9 Å². The van der Waals surface area contributed by atoms with Gasteiger partial charge in [-0.05, 0) is 50.2 Å². The number of hydrogen-bond acceptors (Lipinski definition) is 7. The molecular formula is C19H18F2N6O2. The van der Waals surface area contributed by atoms with Gasteiger partial charge in [0.25, 0.3) is 0 Å². The highest BCUT2D eigenvalue weighted by molar-refractivity contribution is 5.60. The van der Waals surface area contributed by atoms with E-state index in [0.29, 0.717) is 16.9 Å². The summed E-state index contributed by atoms with van der Waals surface area (Å²) in [4.78, 5) is 4.12. The molecule has 0 aliphatic rings. The molecule has 0 aliphatic carbocycles. The Morgan fingerprint density at radius 2 is 1.83 bits per heavy atom. The fourth-order valence-corrected chi connectivity index (χ4v) is 2.50. The molecule has 1 heterocycles. The predicted molar refractivity (Wildman–Crippen MR) is 103 cm³/mol. The van der Waals surface area contributed by atoms with Crippen molar-refractivity contribution in [3.05, 3.63) is 48.0 Å². The van der Waals surface area contributed by atoms with Gasteiger partial charge in [-0.1, -0.05) is 0 Å². The van der Waals surface area contributed by atoms with Crippen molar-refractivity contribution in [1.29, 1.82) is 5.26 Å². The zero-order chi connectivity index (χ0) is 21.0. The maximum Gasteiger partial charge on any atom is 0.387 e. The van der Waals surface area contributed by atoms with E-state index in [2.05, 4.69) is 20.1 Å². The van der Waals surface area contributed by atoms with Gasteiger partial charge in [0.05, 0.1) is 23.4 Å². The van der Waals surface area contributed by atoms with E-state index < -0.39 is 6.61 Å². The highest BCUT2D eigenvalue weighted by Crippen LogP contribution is 2.33. The minimum Gasteiger partial charge on any atom is -0.487 e. The topological polar surface area (TPSA) is 111 Å². The van der Waals surface area contributed by atoms with Crippen LogP contribution < -0.4 is 20.5 Å². The molecule has 3 N–H and O–H groups in total. The number of rotatable bonds is 7. The van der Waals surface area contributed by atoms with E-state index in [0.717, 1.165) is 0 Å². The molecule has 0 amide bonds. The Hall–Kier alpha value is -3.87. The van der Waals surface area contributed by atoms with Crippen molar-refractivity contribution < 1.29 is 18.3 Å². The molecule has 10 heteroatoms. The molecule has 0 bridgehead atoms. The molecule has 29 heavy (non-hydrogen) atoms. The van der Waals surface area contributed by atoms with Gasteiger partial charge in [0.1, 0.15) is 0 Å². The second-order valence-electron chi connectivity index (χ2n) is 6.20. The third-order valence-corrected chi connectivity index (χ3v) is 3.65. The van der Waals surface area contributed by atoms with Crippen molar-refractivity contribution >= 4 is 17.6 Å². The fourth-order valence-electron chi connectivity index (χ4n) is 2.50. The summed E-state index contributed by atoms with van der Waals surface area (Å²) in [7, 11) is 0. The summed E-state index contributed by atoms with van der Waals surface area (Å²) in [5.74, 6) is 0.355. The Morgan fingerprint density at radius 1 is 1.10 bits per heavy atom. The lowest BCUT2D eigenvalue weighted by Gasteiger charge is -2.15. The minimum atomic E-state index is -3.00. The van der Waals surface area contributed by atoms with Gasteiger partial charge in [0, 0.05) is 11.8 Å². The van der Waals surface area contributed by atoms with Gasteiger partial charge in [-0.3, -0.25) is 0 Å². The first-order valence-electron chi connectivity index (χ1n) is 8.61. The van der Waals surface area contributed by atoms with Crippen LogP contribution >= 0.6 is 0 Å². The van der Waals surface area contributed by atoms with Gasteiger partial charge in [-0.25, -0.2) is 0 Å². The van der Waals surface area contributed by atoms with Crippen LogP contribution in [0, 0.1) is 11.3 Å². The summed E-state index contributed by atoms with van der Waals surface area (Å²) >= 11 is 0. The lowest BCUT2D eigenvalue weighted by molar-refractivity contribution is -0.0518. The number of alkyl halides is 2. The quantitative estimate of drug-likeness (QED) is 0.619. The Morgan fingerprint density at radius 3 is 2.45 bits per heavy atom. The van der Waals surface area contributed by atoms with Crippen molar-refractivity contribution in [3.63, 3.8) is 0 Å². The van der Waals surface area contributed by atoms with E-state index in [1.807, 2.05) is 6.07 Å². The number of halogens is 2. The van der Waals surface area contributed by atoms with E-state index >= 15 is 0 Å². The molecule has 0 saturated heterocycles. The zero-order valence-corrected chi connectivity index (χ0v) is 15.6. The number of nitrogens with one attached hydrogen (secondary N) is 1. The number of aromatic nitrogens is 3. The fraction of sp³-hybridized carbons (Fsp3) is 0.211. The number of nitrogen functional groups attached to an aromatic ring is 1. The molecule has 0 unspecified atom stereocenters. The Bertz CT molecular complexity index is 1030. The first kappa shape index (κ1) is 19.9. The molecule has 150 valence electrons. The van der Waals surface area contributed by atoms with Crippen LogP contribution in [0.15, 0.2) is 42.5 Å². The number of nitriles is 1. The summed E-state index contributed by atoms with van der Waals surface area (Å²) in [6, 6.07) is 13.1. The smallest absolute Gasteiger partial charge is 0.387 e. The standard InChI is InChI=1S/C19H18F2N6O2/c1-11(2)28-15-8-5-13(9-16(15)29-17(20)21)24-19-25-18(23)27(26-19)14-6-3-12(10-22)4-7-14/h3-9,11,17H,1-2H3,(H3,23,24,25,26). The molecule has 1 aromatic heterocycles. The van der Waals surface area contributed by atoms with Gasteiger partial charge in [0.15, 0.2) is 11.5 Å². The van der Waals surface area contributed by atoms with Crippen LogP contribution in [0.1, 0.15) is 19.4 Å². The summed E-state index contributed by atoms with van der Waals surface area (Å²) in [5, 5.41) is 16.0. The number of hydrogen-bond donors (Lipinski definition) is 2. The molecule has 0 aliphatic heterocycles. The van der Waals surface area contributed by atoms with Crippen LogP contribution in [0.5, 0.6) is 11.5 Å². The van der Waals surface area contributed by atoms with Crippen molar-refractivity contribution in [1.82, 2.24) is 14.8 Å². The van der Waals surface area contributed by atoms with Crippen LogP contribution in [-0.2, 0) is 0 Å². The third-order valence-electron chi connectivity index (χ3n) is 3.65. The minimum absolute atomic E-state index is 0.112. The normalized spacial score (nSPS) is 10.8. The molecule has 0 fully saturated rings. The first-order chi connectivity index (χ1) is 13.9. The van der Waals surface area contributed by atoms with Crippen LogP contribution in [0.25, 0.3) is 5.69 Å². The first-order valence-corrected chi connectivity index (χ1v) is 8.61. The molecule has 0 spiro atoms. The number of benzene rings is 2. The molecule has 8 nitrogen and oxygen atoms in total. The van der Waals surface area contributed by atoms with Crippen molar-refractivity contribution in [2.24, 2.45) is 0 Å². The lowest BCUT2D eigenvalue weighted by Crippen LogP contribution is -2.09. The molecule has 0 atom stereocenters. The van der Waals surface area contributed by atoms with Crippen LogP contribution in [0.3, 0.4) is 0 Å². The third kappa shape index (κ3) is 4.90. The molecular weight excluding hydrogens is 382 g/mol. The average Bonchev–Trinajstić information content (AvgIpc) is 3.03. The van der Waals surface area contributed by atoms with Gasteiger partial charge in [-0.15, -0.1) is 5.10 Å². The van der Waals surface area contributed by atoms with Crippen LogP contribution in [-0.4, -0.2) is 27.5 Å². The second-order valence-corrected chi connectivity index (χ2v) is 6.20. The number of nitrogens with zero attached hydrogens (tertiary/aromatic N) is 4. The largest absolute Gasteiger partial charge is 0.487 e. The van der Waals surface area contributed by atoms with Crippen molar-refractivity contribution in [3.8, 4) is 23.3 Å². The van der Waals surface area contributed by atoms with Gasteiger partial charge in [-0.2, -0.15) is 23.7 Å². The monoisotopic (exact) mass is 400 g/mol. The number of anilines is 3. The maximum absolute atomic E-state index is 12.7. The highest BCUT2D eigenvalue weighted by atomic mass is 19.3. The van der Waals surface area contributed by atoms with E-state index in [9.17, 15) is 8.78 Å². The summed E-state index contributed by atoms with van der Waals surface area (Å²) in [6.45, 7) is 0.561. The number of ether oxygens (including phenoxy) is 2. The van der Waals surface area contributed by atoms with Crippen molar-refractivity contribution in [2.45, 2.75) is 26.6 Å². The van der Waals surface area contributed by atoms with Crippen LogP contribution in [0.2, 0.25) is 0 Å². The Kier molecular flexibility index (Phi) is 5.78. The van der Waals surface area contributed by atoms with Gasteiger partial charge < -0.3 is 20.5 Å². The Balaban J connectivity index is 1.85. The maximum atomic E-state index is 12.7. The Labute approximate surface area is 165 Å². The van der Waals surface area contributed by atoms with E-state index in [1.54, 1.807) is 44.2 Å². The van der Waals surface area contributed by atoms with Crippen molar-refractivity contribution in [2.75, 3.05) is 11.1 Å². The predicted octanol–water partition coefficient (Wildman–Crippen LogP) is 3.85. The SMILES string of the molecule is CC(C)Oc1ccc(Nc2nc(N)n(-c3ccc(C#N)cc3)n2)cc1OC(F)F. The zero-order valence-electron chi connectivity index (χ0n) is 15.6. The van der Waals surface area contributed by atoms with E-state index in [-0.39, 0.29) is 29.5 Å². The molecule has 3 aromatic rings. The molecule has 2 aromatic carbocycles. The lowest BCUT2D eigenvalue weighted by atomic mass is 10.2. The highest BCUT2D eigenvalue weighted by Gasteiger charge is 2.15. The average molecular weight is 400 g/mol. The molecule has 3 rings (SSSR count). The van der Waals surface area contributed by atoms with E-state index in [1.165, 1.54) is 16.8 Å². The van der Waals surface area contributed by atoms with Crippen LogP contribution in [0.4, 0.5) is 26.4 Å². The summed E-state index contributed by atoms with van der Waals surface area (Å²) in [6.07, 6.45) is -0.210. The summed E-state index contributed by atoms with van der Waals surface area (Å²) in [5.41, 5.74) is 7.44. The molecule has 0 radical (unpaired) electrons. The number of nitrogens with two attached hydrogens (primary N) is 1. The second kappa shape index (κ2) is 8.43. The molecule has 0 saturated carbocycles. The summed E-state index contributed by atoms with van der Waals surface area (Å²) < 4.78 is 36.9.